The van der Waals surface area contributed by atoms with Gasteiger partial charge in [0, 0.05) is 13.2 Å². The van der Waals surface area contributed by atoms with Crippen LogP contribution in [0.25, 0.3) is 0 Å². The van der Waals surface area contributed by atoms with E-state index >= 15 is 0 Å². The number of amides is 1. The summed E-state index contributed by atoms with van der Waals surface area (Å²) in [4.78, 5) is 12.4. The minimum Gasteiger partial charge on any atom is -0.369 e. The fraction of sp³-hybridized carbons (Fsp3) is 0.944. The molecule has 0 heterocycles. The van der Waals surface area contributed by atoms with E-state index in [0.717, 1.165) is 12.8 Å². The summed E-state index contributed by atoms with van der Waals surface area (Å²) in [6.07, 6.45) is 14.9. The zero-order valence-electron chi connectivity index (χ0n) is 14.4. The van der Waals surface area contributed by atoms with Crippen LogP contribution < -0.4 is 5.32 Å². The van der Waals surface area contributed by atoms with Gasteiger partial charge in [-0.25, -0.2) is 0 Å². The standard InChI is InChI=1S/C18H35NO2/c1-4-18(2,21-3)17(20)19-16-14-12-10-8-6-5-7-9-11-13-15-16/h16H,4-15H2,1-3H3,(H,19,20). The van der Waals surface area contributed by atoms with Crippen LogP contribution in [0.5, 0.6) is 0 Å². The maximum Gasteiger partial charge on any atom is 0.252 e. The van der Waals surface area contributed by atoms with E-state index in [1.165, 1.54) is 57.8 Å². The fourth-order valence-corrected chi connectivity index (χ4v) is 3.04. The van der Waals surface area contributed by atoms with Crippen molar-refractivity contribution in [2.24, 2.45) is 0 Å². The second-order valence-corrected chi connectivity index (χ2v) is 6.72. The Labute approximate surface area is 131 Å². The first-order valence-corrected chi connectivity index (χ1v) is 8.98. The van der Waals surface area contributed by atoms with Crippen molar-refractivity contribution in [2.45, 2.75) is 103 Å². The Hall–Kier alpha value is -0.570. The minimum absolute atomic E-state index is 0.0598. The molecule has 3 heteroatoms. The molecule has 124 valence electrons. The number of ether oxygens (including phenoxy) is 1. The van der Waals surface area contributed by atoms with E-state index in [1.54, 1.807) is 7.11 Å². The monoisotopic (exact) mass is 297 g/mol. The van der Waals surface area contributed by atoms with Crippen molar-refractivity contribution in [3.8, 4) is 0 Å². The van der Waals surface area contributed by atoms with Gasteiger partial charge in [0.1, 0.15) is 5.60 Å². The minimum atomic E-state index is -0.677. The lowest BCUT2D eigenvalue weighted by molar-refractivity contribution is -0.142. The topological polar surface area (TPSA) is 38.3 Å². The lowest BCUT2D eigenvalue weighted by Crippen LogP contribution is -2.49. The maximum absolute atomic E-state index is 12.4. The molecule has 1 aliphatic carbocycles. The predicted molar refractivity (Wildman–Crippen MR) is 88.4 cm³/mol. The highest BCUT2D eigenvalue weighted by Crippen LogP contribution is 2.19. The fourth-order valence-electron chi connectivity index (χ4n) is 3.04. The summed E-state index contributed by atoms with van der Waals surface area (Å²) in [7, 11) is 1.63. The molecule has 1 atom stereocenters. The molecular formula is C18H35NO2. The van der Waals surface area contributed by atoms with Gasteiger partial charge < -0.3 is 10.1 Å². The summed E-state index contributed by atoms with van der Waals surface area (Å²) in [5.74, 6) is 0.0598. The molecule has 0 aromatic rings. The highest BCUT2D eigenvalue weighted by atomic mass is 16.5. The van der Waals surface area contributed by atoms with Crippen molar-refractivity contribution < 1.29 is 9.53 Å². The number of carbonyl (C=O) groups is 1. The number of nitrogens with one attached hydrogen (secondary N) is 1. The predicted octanol–water partition coefficient (Wildman–Crippen LogP) is 4.59. The largest absolute Gasteiger partial charge is 0.369 e. The van der Waals surface area contributed by atoms with Crippen LogP contribution in [0, 0.1) is 0 Å². The van der Waals surface area contributed by atoms with Gasteiger partial charge in [-0.05, 0) is 26.2 Å². The Balaban J connectivity index is 2.49. The molecule has 0 radical (unpaired) electrons. The molecule has 0 saturated heterocycles. The van der Waals surface area contributed by atoms with Gasteiger partial charge in [0.25, 0.3) is 5.91 Å². The van der Waals surface area contributed by atoms with Crippen molar-refractivity contribution in [1.29, 1.82) is 0 Å². The van der Waals surface area contributed by atoms with E-state index in [0.29, 0.717) is 12.5 Å². The first kappa shape index (κ1) is 18.5. The summed E-state index contributed by atoms with van der Waals surface area (Å²) in [5, 5.41) is 3.25. The van der Waals surface area contributed by atoms with Gasteiger partial charge in [-0.15, -0.1) is 0 Å². The highest BCUT2D eigenvalue weighted by molar-refractivity contribution is 5.84. The molecule has 1 unspecified atom stereocenters. The normalized spacial score (nSPS) is 22.6. The molecule has 1 aliphatic rings. The number of methoxy groups -OCH3 is 1. The van der Waals surface area contributed by atoms with E-state index in [1.807, 2.05) is 13.8 Å². The van der Waals surface area contributed by atoms with Crippen LogP contribution in [0.4, 0.5) is 0 Å². The van der Waals surface area contributed by atoms with Crippen LogP contribution in [0.1, 0.15) is 90.9 Å². The second kappa shape index (κ2) is 10.2. The molecule has 0 aromatic heterocycles. The molecule has 1 fully saturated rings. The van der Waals surface area contributed by atoms with Crippen LogP contribution in [0.15, 0.2) is 0 Å². The van der Waals surface area contributed by atoms with E-state index in [2.05, 4.69) is 5.32 Å². The Morgan fingerprint density at radius 2 is 1.43 bits per heavy atom. The SMILES string of the molecule is CCC(C)(OC)C(=O)NC1CCCCCCCCCCC1. The van der Waals surface area contributed by atoms with Crippen molar-refractivity contribution in [1.82, 2.24) is 5.32 Å². The van der Waals surface area contributed by atoms with Crippen molar-refractivity contribution in [2.75, 3.05) is 7.11 Å². The average molecular weight is 297 g/mol. The second-order valence-electron chi connectivity index (χ2n) is 6.72. The summed E-state index contributed by atoms with van der Waals surface area (Å²) < 4.78 is 5.42. The molecule has 21 heavy (non-hydrogen) atoms. The molecule has 1 amide bonds. The first-order chi connectivity index (χ1) is 10.1. The highest BCUT2D eigenvalue weighted by Gasteiger charge is 2.32. The zero-order chi connectivity index (χ0) is 15.6. The smallest absolute Gasteiger partial charge is 0.252 e. The zero-order valence-corrected chi connectivity index (χ0v) is 14.4. The Kier molecular flexibility index (Phi) is 8.98. The number of hydrogen-bond acceptors (Lipinski definition) is 2. The van der Waals surface area contributed by atoms with Gasteiger partial charge in [-0.2, -0.15) is 0 Å². The molecule has 1 N–H and O–H groups in total. The summed E-state index contributed by atoms with van der Waals surface area (Å²) in [6, 6.07) is 0.331. The lowest BCUT2D eigenvalue weighted by atomic mass is 9.96. The number of rotatable bonds is 4. The van der Waals surface area contributed by atoms with Crippen LogP contribution in [-0.2, 0) is 9.53 Å². The molecule has 3 nitrogen and oxygen atoms in total. The van der Waals surface area contributed by atoms with Gasteiger partial charge >= 0.3 is 0 Å². The van der Waals surface area contributed by atoms with Gasteiger partial charge in [0.15, 0.2) is 0 Å². The average Bonchev–Trinajstić information content (AvgIpc) is 2.49. The van der Waals surface area contributed by atoms with E-state index in [-0.39, 0.29) is 5.91 Å². The third-order valence-electron chi connectivity index (χ3n) is 5.05. The Morgan fingerprint density at radius 1 is 1.00 bits per heavy atom. The summed E-state index contributed by atoms with van der Waals surface area (Å²) in [6.45, 7) is 3.89. The molecule has 0 aromatic carbocycles. The summed E-state index contributed by atoms with van der Waals surface area (Å²) in [5.41, 5.74) is -0.677. The number of hydrogen-bond donors (Lipinski definition) is 1. The van der Waals surface area contributed by atoms with Crippen LogP contribution >= 0.6 is 0 Å². The molecule has 0 spiro atoms. The molecule has 0 bridgehead atoms. The first-order valence-electron chi connectivity index (χ1n) is 8.98. The maximum atomic E-state index is 12.4. The van der Waals surface area contributed by atoms with Gasteiger partial charge in [-0.3, -0.25) is 4.79 Å². The lowest BCUT2D eigenvalue weighted by Gasteiger charge is -2.29. The van der Waals surface area contributed by atoms with Crippen molar-refractivity contribution in [3.05, 3.63) is 0 Å². The summed E-state index contributed by atoms with van der Waals surface area (Å²) >= 11 is 0. The molecule has 1 rings (SSSR count). The van der Waals surface area contributed by atoms with Gasteiger partial charge in [-0.1, -0.05) is 64.7 Å². The number of carbonyl (C=O) groups excluding carboxylic acids is 1. The Morgan fingerprint density at radius 3 is 1.81 bits per heavy atom. The van der Waals surface area contributed by atoms with Crippen molar-refractivity contribution in [3.63, 3.8) is 0 Å². The Bertz CT molecular complexity index is 275. The van der Waals surface area contributed by atoms with Crippen LogP contribution in [-0.4, -0.2) is 24.7 Å². The molecule has 0 aliphatic heterocycles. The molecule has 1 saturated carbocycles. The third kappa shape index (κ3) is 6.82. The van der Waals surface area contributed by atoms with E-state index in [9.17, 15) is 4.79 Å². The quantitative estimate of drug-likeness (QED) is 0.824. The van der Waals surface area contributed by atoms with Gasteiger partial charge in [0.05, 0.1) is 0 Å². The van der Waals surface area contributed by atoms with Crippen LogP contribution in [0.2, 0.25) is 0 Å². The van der Waals surface area contributed by atoms with Gasteiger partial charge in [0.2, 0.25) is 0 Å². The van der Waals surface area contributed by atoms with E-state index < -0.39 is 5.60 Å². The van der Waals surface area contributed by atoms with Crippen molar-refractivity contribution >= 4 is 5.91 Å². The third-order valence-corrected chi connectivity index (χ3v) is 5.05. The van der Waals surface area contributed by atoms with Crippen LogP contribution in [0.3, 0.4) is 0 Å². The molecular weight excluding hydrogens is 262 g/mol. The van der Waals surface area contributed by atoms with E-state index in [4.69, 9.17) is 4.74 Å².